The minimum atomic E-state index is -6.00. The predicted molar refractivity (Wildman–Crippen MR) is 49.4 cm³/mol. The average Bonchev–Trinajstić information content (AvgIpc) is 1.62. The van der Waals surface area contributed by atoms with E-state index in [0.717, 1.165) is 0 Å². The van der Waals surface area contributed by atoms with Crippen molar-refractivity contribution >= 4 is 73.1 Å². The maximum atomic E-state index is 10.4. The fraction of sp³-hybridized carbons (Fsp3) is 1.00. The summed E-state index contributed by atoms with van der Waals surface area (Å²) in [5, 5.41) is 0. The molecule has 0 saturated heterocycles. The molecule has 0 aliphatic carbocycles. The summed E-state index contributed by atoms with van der Waals surface area (Å²) in [6, 6.07) is 0. The van der Waals surface area contributed by atoms with E-state index >= 15 is 0 Å². The van der Waals surface area contributed by atoms with Gasteiger partial charge in [0, 0.05) is 6.92 Å². The van der Waals surface area contributed by atoms with Gasteiger partial charge in [0.1, 0.15) is 0 Å². The molecule has 0 bridgehead atoms. The molecule has 0 aromatic carbocycles. The summed E-state index contributed by atoms with van der Waals surface area (Å²) in [5.74, 6) is 0. The molecule has 0 amide bonds. The molecule has 21 heavy (non-hydrogen) atoms. The monoisotopic (exact) mass is 385 g/mol. The Kier molecular flexibility index (Phi) is 21.1. The summed E-state index contributed by atoms with van der Waals surface area (Å²) in [7, 11) is -18.0. The van der Waals surface area contributed by atoms with Crippen LogP contribution in [0.5, 0.6) is 0 Å². The second-order valence-electron chi connectivity index (χ2n) is 2.27. The first-order valence-corrected chi connectivity index (χ1v) is 3.69. The Morgan fingerprint density at radius 3 is 0.476 bits per heavy atom. The number of hydrogen-bond acceptors (Lipinski definition) is 0. The second kappa shape index (κ2) is 13.2. The van der Waals surface area contributed by atoms with Crippen molar-refractivity contribution in [2.24, 2.45) is 0 Å². The Labute approximate surface area is 150 Å². The van der Waals surface area contributed by atoms with Gasteiger partial charge in [0.25, 0.3) is 0 Å². The van der Waals surface area contributed by atoms with E-state index in [2.05, 4.69) is 0 Å². The van der Waals surface area contributed by atoms with Crippen LogP contribution in [0.25, 0.3) is 0 Å². The standard InChI is InChI=1S/C2H3F3.3BF4.K.H/c1-2(3,4)5;3*2-1(3,4)5;;/h1H3;;;;;/q;3*-1;;. The van der Waals surface area contributed by atoms with E-state index in [4.69, 9.17) is 0 Å². The van der Waals surface area contributed by atoms with E-state index in [-0.39, 0.29) is 58.3 Å². The van der Waals surface area contributed by atoms with Crippen molar-refractivity contribution in [3.8, 4) is 0 Å². The van der Waals surface area contributed by atoms with Gasteiger partial charge >= 0.3 is 79.3 Å². The van der Waals surface area contributed by atoms with E-state index in [9.17, 15) is 65.0 Å². The molecule has 0 aliphatic rings. The minimum absolute atomic E-state index is 0. The van der Waals surface area contributed by atoms with Gasteiger partial charge in [-0.3, -0.25) is 0 Å². The van der Waals surface area contributed by atoms with Crippen LogP contribution in [-0.2, 0) is 0 Å². The van der Waals surface area contributed by atoms with Gasteiger partial charge in [-0.15, -0.1) is 0 Å². The first-order valence-electron chi connectivity index (χ1n) is 3.69. The Morgan fingerprint density at radius 1 is 0.476 bits per heavy atom. The summed E-state index contributed by atoms with van der Waals surface area (Å²) in [4.78, 5) is 0. The van der Waals surface area contributed by atoms with Gasteiger partial charge < -0.3 is 51.8 Å². The van der Waals surface area contributed by atoms with Crippen LogP contribution in [0, 0.1) is 0 Å². The van der Waals surface area contributed by atoms with Gasteiger partial charge in [0.15, 0.2) is 0 Å². The molecule has 19 heteroatoms. The zero-order chi connectivity index (χ0) is 18.0. The van der Waals surface area contributed by atoms with E-state index in [1.54, 1.807) is 0 Å². The van der Waals surface area contributed by atoms with Gasteiger partial charge in [-0.2, -0.15) is 13.2 Å². The van der Waals surface area contributed by atoms with Crippen molar-refractivity contribution < 1.29 is 65.0 Å². The molecule has 0 rings (SSSR count). The van der Waals surface area contributed by atoms with Crippen molar-refractivity contribution in [1.29, 1.82) is 0 Å². The Bertz CT molecular complexity index is 137. The number of hydrogen-bond donors (Lipinski definition) is 0. The van der Waals surface area contributed by atoms with Crippen molar-refractivity contribution in [2.45, 2.75) is 13.1 Å². The second-order valence-corrected chi connectivity index (χ2v) is 2.27. The predicted octanol–water partition coefficient (Wildman–Crippen LogP) is 4.82. The summed E-state index contributed by atoms with van der Waals surface area (Å²) >= 11 is 0. The van der Waals surface area contributed by atoms with Crippen LogP contribution in [0.15, 0.2) is 0 Å². The Hall–Kier alpha value is 0.781. The van der Waals surface area contributed by atoms with Crippen molar-refractivity contribution in [3.05, 3.63) is 0 Å². The molecular weight excluding hydrogens is 381 g/mol. The molecule has 130 valence electrons. The van der Waals surface area contributed by atoms with Crippen molar-refractivity contribution in [3.63, 3.8) is 0 Å². The third kappa shape index (κ3) is 12000. The van der Waals surface area contributed by atoms with Crippen LogP contribution in [0.4, 0.5) is 65.0 Å². The molecule has 0 aliphatic heterocycles. The average molecular weight is 385 g/mol. The molecule has 0 unspecified atom stereocenters. The Morgan fingerprint density at radius 2 is 0.476 bits per heavy atom. The summed E-state index contributed by atoms with van der Waals surface area (Å²) in [6.07, 6.45) is -4.00. The van der Waals surface area contributed by atoms with Gasteiger partial charge in [-0.05, 0) is 0 Å². The van der Waals surface area contributed by atoms with Gasteiger partial charge in [0.05, 0.1) is 0 Å². The van der Waals surface area contributed by atoms with Crippen LogP contribution >= 0.6 is 0 Å². The van der Waals surface area contributed by atoms with Gasteiger partial charge in [-0.1, -0.05) is 0 Å². The molecule has 0 radical (unpaired) electrons. The van der Waals surface area contributed by atoms with Gasteiger partial charge in [0.2, 0.25) is 0 Å². The topological polar surface area (TPSA) is 0 Å². The molecule has 0 nitrogen and oxygen atoms in total. The first-order chi connectivity index (χ1) is 8.00. The van der Waals surface area contributed by atoms with Gasteiger partial charge in [-0.25, -0.2) is 0 Å². The van der Waals surface area contributed by atoms with Crippen molar-refractivity contribution in [1.82, 2.24) is 0 Å². The number of rotatable bonds is 0. The zero-order valence-corrected chi connectivity index (χ0v) is 8.90. The fourth-order valence-corrected chi connectivity index (χ4v) is 0. The zero-order valence-electron chi connectivity index (χ0n) is 8.90. The SMILES string of the molecule is CC(F)(F)F.F[B-](F)(F)F.F[B-](F)(F)F.F[B-](F)(F)F.[KH]. The number of alkyl halides is 3. The third-order valence-corrected chi connectivity index (χ3v) is 0. The van der Waals surface area contributed by atoms with Crippen LogP contribution in [0.3, 0.4) is 0 Å². The van der Waals surface area contributed by atoms with Crippen LogP contribution < -0.4 is 0 Å². The van der Waals surface area contributed by atoms with Crippen LogP contribution in [-0.4, -0.2) is 79.3 Å². The molecule has 0 spiro atoms. The molecule has 0 fully saturated rings. The van der Waals surface area contributed by atoms with Crippen LogP contribution in [0.2, 0.25) is 0 Å². The van der Waals surface area contributed by atoms with E-state index in [1.165, 1.54) is 0 Å². The normalized spacial score (nSPS) is 11.4. The molecule has 0 N–H and O–H groups in total. The molecule has 0 aromatic heterocycles. The molecule has 0 atom stereocenters. The number of halogens is 15. The summed E-state index contributed by atoms with van der Waals surface area (Å²) in [6.45, 7) is 0.188. The quantitative estimate of drug-likeness (QED) is 0.415. The van der Waals surface area contributed by atoms with Crippen molar-refractivity contribution in [2.75, 3.05) is 0 Å². The van der Waals surface area contributed by atoms with E-state index in [0.29, 0.717) is 0 Å². The maximum absolute atomic E-state index is 10.4. The summed E-state index contributed by atoms with van der Waals surface area (Å²) < 4.78 is 148. The molecule has 0 saturated carbocycles. The van der Waals surface area contributed by atoms with E-state index < -0.39 is 27.9 Å². The molecular formula is C2H4B3F15K-3. The third-order valence-electron chi connectivity index (χ3n) is 0. The molecule has 0 aromatic rings. The van der Waals surface area contributed by atoms with Crippen LogP contribution in [0.1, 0.15) is 6.92 Å². The van der Waals surface area contributed by atoms with E-state index in [1.807, 2.05) is 0 Å². The first kappa shape index (κ1) is 33.4. The summed E-state index contributed by atoms with van der Waals surface area (Å²) in [5.41, 5.74) is 0. The molecule has 0 heterocycles. The fourth-order valence-electron chi connectivity index (χ4n) is 0. The Balaban J connectivity index is -0.0000000533.